The van der Waals surface area contributed by atoms with Gasteiger partial charge in [0.2, 0.25) is 0 Å². The molecule has 0 unspecified atom stereocenters. The number of aryl methyl sites for hydroxylation is 1. The van der Waals surface area contributed by atoms with Crippen molar-refractivity contribution in [2.45, 2.75) is 50.7 Å². The lowest BCUT2D eigenvalue weighted by atomic mass is 9.89. The number of imidazole rings is 1. The number of fused-ring (bicyclic) bond motifs is 3. The Morgan fingerprint density at radius 1 is 1.00 bits per heavy atom. The molecule has 0 radical (unpaired) electrons. The summed E-state index contributed by atoms with van der Waals surface area (Å²) in [5.41, 5.74) is 4.96. The van der Waals surface area contributed by atoms with Crippen molar-refractivity contribution in [2.24, 2.45) is 7.05 Å². The molecule has 2 aromatic heterocycles. The summed E-state index contributed by atoms with van der Waals surface area (Å²) in [6.45, 7) is 4.33. The van der Waals surface area contributed by atoms with Crippen molar-refractivity contribution in [1.82, 2.24) is 19.0 Å². The van der Waals surface area contributed by atoms with Crippen molar-refractivity contribution in [3.05, 3.63) is 59.1 Å². The normalized spacial score (nSPS) is 20.4. The first-order valence-electron chi connectivity index (χ1n) is 13.6. The van der Waals surface area contributed by atoms with Gasteiger partial charge in [-0.1, -0.05) is 24.6 Å². The molecule has 1 aliphatic carbocycles. The maximum atomic E-state index is 13.2. The van der Waals surface area contributed by atoms with Gasteiger partial charge in [-0.15, -0.1) is 0 Å². The molecule has 37 heavy (non-hydrogen) atoms. The van der Waals surface area contributed by atoms with Gasteiger partial charge in [0.1, 0.15) is 5.75 Å². The minimum Gasteiger partial charge on any atom is -0.494 e. The quantitative estimate of drug-likeness (QED) is 0.313. The molecule has 2 fully saturated rings. The maximum absolute atomic E-state index is 13.2. The van der Waals surface area contributed by atoms with Crippen LogP contribution in [0.2, 0.25) is 0 Å². The standard InChI is InChI=1S/C30H36N4O3/c1-32-28-20-31-27-12-9-22(17-26(27)29(28)34(30(32)35)23-18-25(19-23)36-2)21-7-10-24(11-8-21)37-16-6-15-33-13-4-3-5-14-33/h7-12,17,20,23,25H,3-6,13-16,18-19H2,1-2H3/t23-,25+. The van der Waals surface area contributed by atoms with Gasteiger partial charge >= 0.3 is 5.69 Å². The molecule has 6 rings (SSSR count). The Bertz CT molecular complexity index is 1440. The van der Waals surface area contributed by atoms with Crippen LogP contribution < -0.4 is 10.4 Å². The zero-order valence-electron chi connectivity index (χ0n) is 21.9. The first-order valence-corrected chi connectivity index (χ1v) is 13.6. The summed E-state index contributed by atoms with van der Waals surface area (Å²) in [6, 6.07) is 14.8. The molecule has 0 atom stereocenters. The summed E-state index contributed by atoms with van der Waals surface area (Å²) in [7, 11) is 3.57. The van der Waals surface area contributed by atoms with Crippen LogP contribution >= 0.6 is 0 Å². The number of hydrogen-bond donors (Lipinski definition) is 0. The molecule has 1 aliphatic heterocycles. The van der Waals surface area contributed by atoms with Crippen LogP contribution in [0.4, 0.5) is 0 Å². The van der Waals surface area contributed by atoms with Crippen LogP contribution in [-0.2, 0) is 11.8 Å². The van der Waals surface area contributed by atoms with Gasteiger partial charge in [0.15, 0.2) is 0 Å². The number of benzene rings is 2. The van der Waals surface area contributed by atoms with Crippen LogP contribution in [-0.4, -0.2) is 58.5 Å². The highest BCUT2D eigenvalue weighted by Crippen LogP contribution is 2.37. The van der Waals surface area contributed by atoms with Crippen molar-refractivity contribution >= 4 is 21.9 Å². The van der Waals surface area contributed by atoms with E-state index in [-0.39, 0.29) is 17.8 Å². The second-order valence-electron chi connectivity index (χ2n) is 10.5. The number of nitrogens with zero attached hydrogens (tertiary/aromatic N) is 4. The molecule has 2 aromatic carbocycles. The van der Waals surface area contributed by atoms with Crippen LogP contribution in [0.3, 0.4) is 0 Å². The van der Waals surface area contributed by atoms with E-state index in [0.29, 0.717) is 0 Å². The van der Waals surface area contributed by atoms with Gasteiger partial charge < -0.3 is 14.4 Å². The van der Waals surface area contributed by atoms with Crippen LogP contribution in [0.5, 0.6) is 5.75 Å². The predicted octanol–water partition coefficient (Wildman–Crippen LogP) is 5.16. The Labute approximate surface area is 217 Å². The SMILES string of the molecule is CO[C@H]1C[C@@H](n2c(=O)n(C)c3cnc4ccc(-c5ccc(OCCCN6CCCCC6)cc5)cc4c32)C1. The minimum absolute atomic E-state index is 0.0102. The number of aromatic nitrogens is 3. The Morgan fingerprint density at radius 2 is 1.76 bits per heavy atom. The van der Waals surface area contributed by atoms with E-state index >= 15 is 0 Å². The summed E-state index contributed by atoms with van der Waals surface area (Å²) in [5.74, 6) is 0.904. The van der Waals surface area contributed by atoms with Gasteiger partial charge in [-0.2, -0.15) is 0 Å². The van der Waals surface area contributed by atoms with E-state index in [1.54, 1.807) is 11.7 Å². The predicted molar refractivity (Wildman–Crippen MR) is 147 cm³/mol. The van der Waals surface area contributed by atoms with Gasteiger partial charge in [-0.25, -0.2) is 4.79 Å². The average molecular weight is 501 g/mol. The molecule has 4 aromatic rings. The molecule has 194 valence electrons. The van der Waals surface area contributed by atoms with Gasteiger partial charge in [-0.05, 0) is 80.6 Å². The molecule has 0 amide bonds. The first kappa shape index (κ1) is 24.2. The molecule has 1 saturated heterocycles. The minimum atomic E-state index is 0.0102. The van der Waals surface area contributed by atoms with E-state index in [9.17, 15) is 4.79 Å². The van der Waals surface area contributed by atoms with Crippen LogP contribution in [0.15, 0.2) is 53.5 Å². The third-order valence-electron chi connectivity index (χ3n) is 8.21. The fraction of sp³-hybridized carbons (Fsp3) is 0.467. The van der Waals surface area contributed by atoms with Crippen molar-refractivity contribution < 1.29 is 9.47 Å². The van der Waals surface area contributed by atoms with E-state index < -0.39 is 0 Å². The van der Waals surface area contributed by atoms with Crippen LogP contribution in [0, 0.1) is 0 Å². The Kier molecular flexibility index (Phi) is 6.74. The van der Waals surface area contributed by atoms with E-state index in [1.807, 2.05) is 17.8 Å². The summed E-state index contributed by atoms with van der Waals surface area (Å²) < 4.78 is 15.2. The number of rotatable bonds is 8. The van der Waals surface area contributed by atoms with Gasteiger partial charge in [0.25, 0.3) is 0 Å². The number of methoxy groups -OCH3 is 1. The van der Waals surface area contributed by atoms with Crippen molar-refractivity contribution in [2.75, 3.05) is 33.4 Å². The Hall–Kier alpha value is -3.16. The Balaban J connectivity index is 1.23. The maximum Gasteiger partial charge on any atom is 0.329 e. The van der Waals surface area contributed by atoms with Gasteiger partial charge in [0.05, 0.1) is 35.5 Å². The summed E-state index contributed by atoms with van der Waals surface area (Å²) in [5, 5.41) is 1.01. The van der Waals surface area contributed by atoms with Crippen molar-refractivity contribution in [1.29, 1.82) is 0 Å². The topological polar surface area (TPSA) is 61.5 Å². The molecule has 7 heteroatoms. The average Bonchev–Trinajstić information content (AvgIpc) is 3.17. The first-order chi connectivity index (χ1) is 18.1. The molecular weight excluding hydrogens is 464 g/mol. The fourth-order valence-corrected chi connectivity index (χ4v) is 5.89. The second kappa shape index (κ2) is 10.3. The largest absolute Gasteiger partial charge is 0.494 e. The lowest BCUT2D eigenvalue weighted by Gasteiger charge is -2.34. The molecule has 3 heterocycles. The smallest absolute Gasteiger partial charge is 0.329 e. The molecule has 1 saturated carbocycles. The highest BCUT2D eigenvalue weighted by atomic mass is 16.5. The highest BCUT2D eigenvalue weighted by Gasteiger charge is 2.33. The molecule has 7 nitrogen and oxygen atoms in total. The molecule has 0 N–H and O–H groups in total. The molecule has 0 bridgehead atoms. The van der Waals surface area contributed by atoms with E-state index in [0.717, 1.165) is 71.2 Å². The third-order valence-corrected chi connectivity index (χ3v) is 8.21. The van der Waals surface area contributed by atoms with Crippen LogP contribution in [0.25, 0.3) is 33.1 Å². The number of pyridine rings is 1. The molecule has 2 aliphatic rings. The lowest BCUT2D eigenvalue weighted by molar-refractivity contribution is 0.00635. The van der Waals surface area contributed by atoms with E-state index in [4.69, 9.17) is 9.47 Å². The highest BCUT2D eigenvalue weighted by molar-refractivity contribution is 6.04. The van der Waals surface area contributed by atoms with Gasteiger partial charge in [-0.3, -0.25) is 14.1 Å². The number of likely N-dealkylation sites (tertiary alicyclic amines) is 1. The summed E-state index contributed by atoms with van der Waals surface area (Å²) >= 11 is 0. The monoisotopic (exact) mass is 500 g/mol. The fourth-order valence-electron chi connectivity index (χ4n) is 5.89. The molecule has 0 spiro atoms. The number of ether oxygens (including phenoxy) is 2. The molecular formula is C30H36N4O3. The summed E-state index contributed by atoms with van der Waals surface area (Å²) in [6.07, 6.45) is 8.85. The zero-order valence-corrected chi connectivity index (χ0v) is 21.9. The van der Waals surface area contributed by atoms with Crippen LogP contribution in [0.1, 0.15) is 44.6 Å². The lowest BCUT2D eigenvalue weighted by Crippen LogP contribution is -2.37. The Morgan fingerprint density at radius 3 is 2.51 bits per heavy atom. The zero-order chi connectivity index (χ0) is 25.4. The number of hydrogen-bond acceptors (Lipinski definition) is 5. The van der Waals surface area contributed by atoms with Crippen molar-refractivity contribution in [3.63, 3.8) is 0 Å². The van der Waals surface area contributed by atoms with E-state index in [1.165, 1.54) is 32.4 Å². The van der Waals surface area contributed by atoms with Crippen molar-refractivity contribution in [3.8, 4) is 16.9 Å². The third kappa shape index (κ3) is 4.66. The summed E-state index contributed by atoms with van der Waals surface area (Å²) in [4.78, 5) is 20.4. The van der Waals surface area contributed by atoms with E-state index in [2.05, 4.69) is 52.3 Å². The van der Waals surface area contributed by atoms with Gasteiger partial charge in [0, 0.05) is 32.1 Å². The number of piperidine rings is 1. The second-order valence-corrected chi connectivity index (χ2v) is 10.5.